The number of aryl methyl sites for hydroxylation is 1. The number of benzene rings is 3. The Morgan fingerprint density at radius 2 is 1.64 bits per heavy atom. The van der Waals surface area contributed by atoms with Gasteiger partial charge in [0.15, 0.2) is 0 Å². The summed E-state index contributed by atoms with van der Waals surface area (Å²) in [7, 11) is 0. The maximum Gasteiger partial charge on any atom is 0.133 e. The first-order valence-electron chi connectivity index (χ1n) is 11.1. The number of rotatable bonds is 3. The molecule has 1 aliphatic rings. The molecule has 3 nitrogen and oxygen atoms in total. The van der Waals surface area contributed by atoms with Gasteiger partial charge in [0, 0.05) is 47.9 Å². The Kier molecular flexibility index (Phi) is 5.54. The first kappa shape index (κ1) is 21.5. The average Bonchev–Trinajstić information content (AvgIpc) is 2.78. The molecule has 2 N–H and O–H groups in total. The van der Waals surface area contributed by atoms with Gasteiger partial charge in [0.1, 0.15) is 17.5 Å². The van der Waals surface area contributed by atoms with Crippen LogP contribution < -0.4 is 10.6 Å². The van der Waals surface area contributed by atoms with Crippen molar-refractivity contribution < 1.29 is 13.2 Å². The molecular weight excluding hydrogens is 423 g/mol. The van der Waals surface area contributed by atoms with Crippen LogP contribution >= 0.6 is 0 Å². The van der Waals surface area contributed by atoms with Crippen molar-refractivity contribution in [1.82, 2.24) is 4.98 Å². The van der Waals surface area contributed by atoms with Gasteiger partial charge in [-0.3, -0.25) is 4.98 Å². The van der Waals surface area contributed by atoms with Crippen LogP contribution in [0.4, 0.5) is 18.9 Å². The number of nitrogens with zero attached hydrogens (tertiary/aromatic N) is 2. The first-order chi connectivity index (χ1) is 15.9. The second-order valence-electron chi connectivity index (χ2n) is 8.72. The van der Waals surface area contributed by atoms with Crippen molar-refractivity contribution in [3.05, 3.63) is 83.8 Å². The highest BCUT2D eigenvalue weighted by molar-refractivity contribution is 6.01. The van der Waals surface area contributed by atoms with Gasteiger partial charge in [0.05, 0.1) is 11.2 Å². The van der Waals surface area contributed by atoms with E-state index in [9.17, 15) is 13.2 Å². The van der Waals surface area contributed by atoms with Crippen LogP contribution in [0.2, 0.25) is 0 Å². The molecule has 1 saturated heterocycles. The fourth-order valence-electron chi connectivity index (χ4n) is 4.64. The molecule has 1 aliphatic heterocycles. The second-order valence-corrected chi connectivity index (χ2v) is 8.72. The predicted octanol–water partition coefficient (Wildman–Crippen LogP) is 6.22. The van der Waals surface area contributed by atoms with E-state index in [1.165, 1.54) is 24.3 Å². The van der Waals surface area contributed by atoms with Gasteiger partial charge >= 0.3 is 0 Å². The lowest BCUT2D eigenvalue weighted by atomic mass is 9.95. The predicted molar refractivity (Wildman–Crippen MR) is 127 cm³/mol. The van der Waals surface area contributed by atoms with E-state index in [4.69, 9.17) is 5.73 Å². The van der Waals surface area contributed by atoms with Crippen LogP contribution in [0, 0.1) is 24.4 Å². The van der Waals surface area contributed by atoms with Crippen LogP contribution in [0.3, 0.4) is 0 Å². The number of fused-ring (bicyclic) bond motifs is 1. The van der Waals surface area contributed by atoms with Gasteiger partial charge in [-0.05, 0) is 72.9 Å². The van der Waals surface area contributed by atoms with E-state index in [0.29, 0.717) is 11.1 Å². The SMILES string of the molecule is Cc1cc(F)cc(-c2cnc3ccc(-c4ccc(F)cc4F)cc3c2N2CCC(N)CC2)c1. The van der Waals surface area contributed by atoms with Crippen molar-refractivity contribution in [2.24, 2.45) is 5.73 Å². The summed E-state index contributed by atoms with van der Waals surface area (Å²) in [6.45, 7) is 3.38. The number of hydrogen-bond donors (Lipinski definition) is 1. The molecule has 33 heavy (non-hydrogen) atoms. The summed E-state index contributed by atoms with van der Waals surface area (Å²) in [6, 6.07) is 14.2. The quantitative estimate of drug-likeness (QED) is 0.405. The molecule has 2 heterocycles. The lowest BCUT2D eigenvalue weighted by molar-refractivity contribution is 0.502. The molecule has 0 aliphatic carbocycles. The molecule has 6 heteroatoms. The largest absolute Gasteiger partial charge is 0.370 e. The molecule has 4 aromatic rings. The topological polar surface area (TPSA) is 42.2 Å². The summed E-state index contributed by atoms with van der Waals surface area (Å²) in [5.74, 6) is -1.55. The molecule has 3 aromatic carbocycles. The highest BCUT2D eigenvalue weighted by Gasteiger charge is 2.23. The number of nitrogens with two attached hydrogens (primary N) is 1. The summed E-state index contributed by atoms with van der Waals surface area (Å²) >= 11 is 0. The Balaban J connectivity index is 1.75. The third-order valence-electron chi connectivity index (χ3n) is 6.29. The van der Waals surface area contributed by atoms with E-state index in [0.717, 1.165) is 65.3 Å². The summed E-state index contributed by atoms with van der Waals surface area (Å²) in [6.07, 6.45) is 3.47. The van der Waals surface area contributed by atoms with Gasteiger partial charge in [-0.1, -0.05) is 12.1 Å². The van der Waals surface area contributed by atoms with Gasteiger partial charge in [0.25, 0.3) is 0 Å². The lowest BCUT2D eigenvalue weighted by Crippen LogP contribution is -2.40. The maximum atomic E-state index is 14.5. The normalized spacial score (nSPS) is 14.8. The molecular formula is C27H24F3N3. The van der Waals surface area contributed by atoms with Crippen LogP contribution in [-0.4, -0.2) is 24.1 Å². The van der Waals surface area contributed by atoms with Gasteiger partial charge in [0.2, 0.25) is 0 Å². The van der Waals surface area contributed by atoms with Gasteiger partial charge in [-0.15, -0.1) is 0 Å². The zero-order valence-electron chi connectivity index (χ0n) is 18.3. The second kappa shape index (κ2) is 8.52. The number of aromatic nitrogens is 1. The third-order valence-corrected chi connectivity index (χ3v) is 6.29. The molecule has 0 radical (unpaired) electrons. The number of halogens is 3. The van der Waals surface area contributed by atoms with E-state index in [1.54, 1.807) is 12.3 Å². The Morgan fingerprint density at radius 3 is 2.36 bits per heavy atom. The Labute approximate surface area is 190 Å². The van der Waals surface area contributed by atoms with Crippen molar-refractivity contribution in [3.63, 3.8) is 0 Å². The van der Waals surface area contributed by atoms with Crippen molar-refractivity contribution in [2.45, 2.75) is 25.8 Å². The maximum absolute atomic E-state index is 14.5. The van der Waals surface area contributed by atoms with E-state index >= 15 is 0 Å². The van der Waals surface area contributed by atoms with Crippen LogP contribution in [0.25, 0.3) is 33.2 Å². The smallest absolute Gasteiger partial charge is 0.133 e. The van der Waals surface area contributed by atoms with Gasteiger partial charge in [-0.25, -0.2) is 13.2 Å². The Morgan fingerprint density at radius 1 is 0.848 bits per heavy atom. The fraction of sp³-hybridized carbons (Fsp3) is 0.222. The first-order valence-corrected chi connectivity index (χ1v) is 11.1. The average molecular weight is 448 g/mol. The van der Waals surface area contributed by atoms with Gasteiger partial charge < -0.3 is 10.6 Å². The minimum Gasteiger partial charge on any atom is -0.370 e. The van der Waals surface area contributed by atoms with E-state index in [1.807, 2.05) is 25.1 Å². The zero-order chi connectivity index (χ0) is 23.1. The summed E-state index contributed by atoms with van der Waals surface area (Å²) in [4.78, 5) is 6.89. The minimum absolute atomic E-state index is 0.151. The molecule has 0 amide bonds. The molecule has 168 valence electrons. The summed E-state index contributed by atoms with van der Waals surface area (Å²) < 4.78 is 42.3. The molecule has 5 rings (SSSR count). The van der Waals surface area contributed by atoms with E-state index in [2.05, 4.69) is 9.88 Å². The monoisotopic (exact) mass is 447 g/mol. The van der Waals surface area contributed by atoms with Crippen molar-refractivity contribution in [3.8, 4) is 22.3 Å². The summed E-state index contributed by atoms with van der Waals surface area (Å²) in [5, 5.41) is 0.839. The molecule has 0 unspecified atom stereocenters. The van der Waals surface area contributed by atoms with Crippen LogP contribution in [-0.2, 0) is 0 Å². The van der Waals surface area contributed by atoms with E-state index < -0.39 is 11.6 Å². The zero-order valence-corrected chi connectivity index (χ0v) is 18.3. The van der Waals surface area contributed by atoms with Crippen molar-refractivity contribution in [1.29, 1.82) is 0 Å². The number of hydrogen-bond acceptors (Lipinski definition) is 3. The molecule has 0 spiro atoms. The van der Waals surface area contributed by atoms with Crippen LogP contribution in [0.5, 0.6) is 0 Å². The highest BCUT2D eigenvalue weighted by Crippen LogP contribution is 2.40. The Hall–Kier alpha value is -3.38. The highest BCUT2D eigenvalue weighted by atomic mass is 19.1. The fourth-order valence-corrected chi connectivity index (χ4v) is 4.64. The molecule has 0 atom stereocenters. The molecule has 1 aromatic heterocycles. The summed E-state index contributed by atoms with van der Waals surface area (Å²) in [5.41, 5.74) is 11.2. The van der Waals surface area contributed by atoms with Crippen LogP contribution in [0.1, 0.15) is 18.4 Å². The van der Waals surface area contributed by atoms with E-state index in [-0.39, 0.29) is 11.9 Å². The third kappa shape index (κ3) is 4.18. The molecule has 0 saturated carbocycles. The number of anilines is 1. The standard InChI is InChI=1S/C27H24F3N3/c1-16-10-18(12-20(29)11-16)24-15-32-26-5-2-17(22-4-3-19(28)14-25(22)30)13-23(26)27(24)33-8-6-21(31)7-9-33/h2-5,10-15,21H,6-9,31H2,1H3. The van der Waals surface area contributed by atoms with Crippen molar-refractivity contribution in [2.75, 3.05) is 18.0 Å². The Bertz CT molecular complexity index is 1320. The van der Waals surface area contributed by atoms with Gasteiger partial charge in [-0.2, -0.15) is 0 Å². The molecule has 0 bridgehead atoms. The number of pyridine rings is 1. The molecule has 1 fully saturated rings. The van der Waals surface area contributed by atoms with Crippen molar-refractivity contribution >= 4 is 16.6 Å². The lowest BCUT2D eigenvalue weighted by Gasteiger charge is -2.34. The van der Waals surface area contributed by atoms with Crippen LogP contribution in [0.15, 0.2) is 60.8 Å². The minimum atomic E-state index is -0.621. The number of piperidine rings is 1.